The Morgan fingerprint density at radius 1 is 0.373 bits per heavy atom. The summed E-state index contributed by atoms with van der Waals surface area (Å²) in [4.78, 5) is 48.3. The van der Waals surface area contributed by atoms with Crippen molar-refractivity contribution in [2.75, 3.05) is 0 Å². The highest BCUT2D eigenvalue weighted by molar-refractivity contribution is 5.68. The highest BCUT2D eigenvalue weighted by Crippen LogP contribution is 2.28. The summed E-state index contributed by atoms with van der Waals surface area (Å²) in [5, 5.41) is 0. The van der Waals surface area contributed by atoms with Gasteiger partial charge in [0.15, 0.2) is 29.1 Å². The molecule has 0 radical (unpaired) electrons. The van der Waals surface area contributed by atoms with E-state index in [2.05, 4.69) is 17.6 Å². The minimum atomic E-state index is 0.227. The van der Waals surface area contributed by atoms with Gasteiger partial charge in [-0.2, -0.15) is 0 Å². The third kappa shape index (κ3) is 6.87. The van der Waals surface area contributed by atoms with Gasteiger partial charge in [0.1, 0.15) is 0 Å². The lowest BCUT2D eigenvalue weighted by atomic mass is 10.1. The molecule has 4 aromatic carbocycles. The number of allylic oxidation sites excluding steroid dienone is 1. The minimum Gasteiger partial charge on any atom is -0.264 e. The molecule has 0 bridgehead atoms. The topological polar surface area (TPSA) is 129 Å². The molecule has 8 aromatic rings. The smallest absolute Gasteiger partial charge is 0.202 e. The second-order valence-electron chi connectivity index (χ2n) is 11.5. The molecule has 10 nitrogen and oxygen atoms in total. The van der Waals surface area contributed by atoms with E-state index in [1.807, 2.05) is 127 Å². The molecule has 10 heteroatoms. The maximum Gasteiger partial charge on any atom is 0.202 e. The minimum absolute atomic E-state index is 0.227. The van der Waals surface area contributed by atoms with E-state index >= 15 is 0 Å². The molecular weight excluding hydrogens is 633 g/mol. The summed E-state index contributed by atoms with van der Waals surface area (Å²) in [5.74, 6) is 3.28. The quantitative estimate of drug-likeness (QED) is 0.140. The van der Waals surface area contributed by atoms with Crippen LogP contribution in [0.15, 0.2) is 152 Å². The lowest BCUT2D eigenvalue weighted by molar-refractivity contribution is 0.977. The van der Waals surface area contributed by atoms with E-state index in [0.29, 0.717) is 41.1 Å². The van der Waals surface area contributed by atoms with Gasteiger partial charge in [0.05, 0.1) is 0 Å². The summed E-state index contributed by atoms with van der Waals surface area (Å²) in [6.45, 7) is 3.90. The zero-order chi connectivity index (χ0) is 34.4. The van der Waals surface area contributed by atoms with Crippen LogP contribution in [0, 0.1) is 0 Å². The Balaban J connectivity index is 1.36. The Morgan fingerprint density at radius 3 is 1.18 bits per heavy atom. The summed E-state index contributed by atoms with van der Waals surface area (Å²) < 4.78 is 0. The highest BCUT2D eigenvalue weighted by atomic mass is 15.1. The Bertz CT molecular complexity index is 2400. The molecule has 242 valence electrons. The van der Waals surface area contributed by atoms with Gasteiger partial charge in [-0.1, -0.05) is 115 Å². The van der Waals surface area contributed by atoms with Gasteiger partial charge in [0, 0.05) is 40.2 Å². The van der Waals surface area contributed by atoms with Crippen LogP contribution < -0.4 is 0 Å². The van der Waals surface area contributed by atoms with E-state index < -0.39 is 0 Å². The first kappa shape index (κ1) is 31.1. The van der Waals surface area contributed by atoms with Crippen molar-refractivity contribution in [3.05, 3.63) is 158 Å². The number of hydrogen-bond donors (Lipinski definition) is 0. The van der Waals surface area contributed by atoms with Crippen molar-refractivity contribution in [3.63, 3.8) is 0 Å². The van der Waals surface area contributed by atoms with E-state index in [1.54, 1.807) is 12.4 Å². The van der Waals surface area contributed by atoms with Gasteiger partial charge >= 0.3 is 0 Å². The van der Waals surface area contributed by atoms with Crippen LogP contribution >= 0.6 is 0 Å². The van der Waals surface area contributed by atoms with Crippen molar-refractivity contribution in [3.8, 4) is 80.2 Å². The van der Waals surface area contributed by atoms with Gasteiger partial charge in [-0.05, 0) is 30.2 Å². The normalized spacial score (nSPS) is 10.9. The van der Waals surface area contributed by atoms with Gasteiger partial charge in [-0.25, -0.2) is 44.9 Å². The largest absolute Gasteiger partial charge is 0.264 e. The molecule has 0 saturated heterocycles. The van der Waals surface area contributed by atoms with E-state index in [1.165, 1.54) is 0 Å². The highest BCUT2D eigenvalue weighted by Gasteiger charge is 2.21. The number of hydrogen-bond acceptors (Lipinski definition) is 10. The average Bonchev–Trinajstić information content (AvgIpc) is 3.22. The van der Waals surface area contributed by atoms with Crippen LogP contribution in [0.1, 0.15) is 5.56 Å². The SMILES string of the molecule is C=CCc1cccc(-c2nc(-c3ccccc3)nc(-c3nc(-c4cccnc4)nc(-c4nc(-c5ccccc5)nc(-c5ccccc5)n4)n3)n2)c1. The molecule has 0 saturated carbocycles. The van der Waals surface area contributed by atoms with Gasteiger partial charge in [0.2, 0.25) is 23.3 Å². The molecule has 0 unspecified atom stereocenters. The molecule has 0 atom stereocenters. The van der Waals surface area contributed by atoms with Crippen LogP contribution in [0.2, 0.25) is 0 Å². The Labute approximate surface area is 293 Å². The standard InChI is InChI=1S/C41H28N10/c1-2-14-27-15-12-22-31(25-27)36-44-35(30-20-10-5-11-21-30)47-39(48-36)41-50-37(32-23-13-24-42-26-32)49-40(51-41)38-45-33(28-16-6-3-7-17-28)43-34(46-38)29-18-8-4-9-19-29/h2-13,15-26H,1,14H2. The summed E-state index contributed by atoms with van der Waals surface area (Å²) in [5.41, 5.74) is 5.07. The first-order valence-corrected chi connectivity index (χ1v) is 16.3. The lowest BCUT2D eigenvalue weighted by Crippen LogP contribution is -2.08. The van der Waals surface area contributed by atoms with Crippen LogP contribution in [-0.4, -0.2) is 49.8 Å². The summed E-state index contributed by atoms with van der Waals surface area (Å²) in [6.07, 6.45) is 5.97. The Hall–Kier alpha value is -7.20. The first-order valence-electron chi connectivity index (χ1n) is 16.3. The number of nitrogens with zero attached hydrogens (tertiary/aromatic N) is 10. The lowest BCUT2D eigenvalue weighted by Gasteiger charge is -2.11. The molecule has 4 heterocycles. The first-order chi connectivity index (χ1) is 25.2. The number of rotatable bonds is 9. The van der Waals surface area contributed by atoms with E-state index in [4.69, 9.17) is 44.9 Å². The third-order valence-electron chi connectivity index (χ3n) is 7.89. The number of pyridine rings is 1. The predicted octanol–water partition coefficient (Wildman–Crippen LogP) is 8.03. The van der Waals surface area contributed by atoms with Crippen molar-refractivity contribution in [2.45, 2.75) is 6.42 Å². The number of benzene rings is 4. The van der Waals surface area contributed by atoms with Gasteiger partial charge < -0.3 is 0 Å². The summed E-state index contributed by atoms with van der Waals surface area (Å²) >= 11 is 0. The molecule has 8 rings (SSSR count). The molecule has 0 aliphatic rings. The van der Waals surface area contributed by atoms with Crippen molar-refractivity contribution in [1.82, 2.24) is 49.8 Å². The fraction of sp³-hybridized carbons (Fsp3) is 0.0244. The third-order valence-corrected chi connectivity index (χ3v) is 7.89. The molecule has 4 aromatic heterocycles. The van der Waals surface area contributed by atoms with Crippen LogP contribution in [0.5, 0.6) is 0 Å². The molecular formula is C41H28N10. The van der Waals surface area contributed by atoms with Crippen molar-refractivity contribution in [1.29, 1.82) is 0 Å². The van der Waals surface area contributed by atoms with Crippen LogP contribution in [0.25, 0.3) is 80.2 Å². The second-order valence-corrected chi connectivity index (χ2v) is 11.5. The zero-order valence-corrected chi connectivity index (χ0v) is 27.2. The molecule has 0 fully saturated rings. The van der Waals surface area contributed by atoms with Crippen LogP contribution in [0.3, 0.4) is 0 Å². The van der Waals surface area contributed by atoms with Crippen molar-refractivity contribution in [2.24, 2.45) is 0 Å². The Kier molecular flexibility index (Phi) is 8.60. The van der Waals surface area contributed by atoms with Crippen molar-refractivity contribution < 1.29 is 0 Å². The molecule has 0 spiro atoms. The van der Waals surface area contributed by atoms with E-state index in [0.717, 1.165) is 27.8 Å². The van der Waals surface area contributed by atoms with Crippen LogP contribution in [0.4, 0.5) is 0 Å². The monoisotopic (exact) mass is 660 g/mol. The van der Waals surface area contributed by atoms with Crippen LogP contribution in [-0.2, 0) is 6.42 Å². The van der Waals surface area contributed by atoms with Gasteiger partial charge in [-0.3, -0.25) is 4.98 Å². The number of aromatic nitrogens is 10. The molecule has 0 N–H and O–H groups in total. The second kappa shape index (κ2) is 14.1. The van der Waals surface area contributed by atoms with Gasteiger partial charge in [0.25, 0.3) is 0 Å². The molecule has 0 aliphatic carbocycles. The molecule has 0 aliphatic heterocycles. The van der Waals surface area contributed by atoms with E-state index in [9.17, 15) is 0 Å². The fourth-order valence-corrected chi connectivity index (χ4v) is 5.43. The maximum absolute atomic E-state index is 4.93. The Morgan fingerprint density at radius 2 is 0.745 bits per heavy atom. The zero-order valence-electron chi connectivity index (χ0n) is 27.2. The van der Waals surface area contributed by atoms with Crippen molar-refractivity contribution >= 4 is 0 Å². The average molecular weight is 661 g/mol. The molecule has 0 amide bonds. The summed E-state index contributed by atoms with van der Waals surface area (Å²) in [6, 6.07) is 41.0. The maximum atomic E-state index is 4.93. The van der Waals surface area contributed by atoms with E-state index in [-0.39, 0.29) is 23.3 Å². The van der Waals surface area contributed by atoms with Gasteiger partial charge in [-0.15, -0.1) is 6.58 Å². The predicted molar refractivity (Wildman–Crippen MR) is 196 cm³/mol. The summed E-state index contributed by atoms with van der Waals surface area (Å²) in [7, 11) is 0. The fourth-order valence-electron chi connectivity index (χ4n) is 5.43. The molecule has 51 heavy (non-hydrogen) atoms.